The van der Waals surface area contributed by atoms with E-state index in [0.717, 1.165) is 6.92 Å². The first-order chi connectivity index (χ1) is 15.3. The molecule has 1 aliphatic rings. The smallest absolute Gasteiger partial charge is 0.386 e. The van der Waals surface area contributed by atoms with Gasteiger partial charge in [0.15, 0.2) is 23.5 Å². The van der Waals surface area contributed by atoms with Gasteiger partial charge in [-0.15, -0.1) is 5.92 Å². The van der Waals surface area contributed by atoms with Gasteiger partial charge >= 0.3 is 29.2 Å². The number of aliphatic hydroxyl groups is 2. The Labute approximate surface area is 189 Å². The lowest BCUT2D eigenvalue weighted by atomic mass is 9.93. The van der Waals surface area contributed by atoms with Gasteiger partial charge in [-0.2, -0.15) is 13.6 Å². The third-order valence-electron chi connectivity index (χ3n) is 4.11. The van der Waals surface area contributed by atoms with E-state index in [4.69, 9.17) is 20.3 Å². The molecule has 34 heavy (non-hydrogen) atoms. The second-order valence-electron chi connectivity index (χ2n) is 6.66. The lowest BCUT2D eigenvalue weighted by molar-refractivity contribution is -0.0871. The lowest BCUT2D eigenvalue weighted by Crippen LogP contribution is -2.49. The lowest BCUT2D eigenvalue weighted by Gasteiger charge is -2.27. The Hall–Kier alpha value is -1.54. The van der Waals surface area contributed by atoms with Crippen molar-refractivity contribution in [3.05, 3.63) is 22.5 Å². The minimum atomic E-state index is -5.84. The zero-order chi connectivity index (χ0) is 26.3. The Morgan fingerprint density at radius 3 is 2.38 bits per heavy atom. The Kier molecular flexibility index (Phi) is 8.31. The van der Waals surface area contributed by atoms with Crippen molar-refractivity contribution in [2.45, 2.75) is 44.0 Å². The quantitative estimate of drug-likeness (QED) is 0.146. The predicted octanol–water partition coefficient (Wildman–Crippen LogP) is -1.29. The van der Waals surface area contributed by atoms with Crippen molar-refractivity contribution in [3.8, 4) is 11.8 Å². The highest BCUT2D eigenvalue weighted by Crippen LogP contribution is 2.66. The first-order valence-electron chi connectivity index (χ1n) is 8.68. The van der Waals surface area contributed by atoms with E-state index < -0.39 is 70.9 Å². The van der Waals surface area contributed by atoms with Crippen molar-refractivity contribution in [2.75, 3.05) is 5.73 Å². The van der Waals surface area contributed by atoms with Crippen LogP contribution in [0.4, 0.5) is 10.2 Å². The summed E-state index contributed by atoms with van der Waals surface area (Å²) >= 11 is 0. The van der Waals surface area contributed by atoms with Crippen molar-refractivity contribution >= 4 is 29.3 Å². The summed E-state index contributed by atoms with van der Waals surface area (Å²) in [5.74, 6) is 2.46. The zero-order valence-corrected chi connectivity index (χ0v) is 19.7. The van der Waals surface area contributed by atoms with Gasteiger partial charge in [0.05, 0.1) is 12.3 Å². The monoisotopic (exact) mass is 553 g/mol. The van der Waals surface area contributed by atoms with Gasteiger partial charge in [-0.1, -0.05) is 5.92 Å². The van der Waals surface area contributed by atoms with Gasteiger partial charge in [-0.25, -0.2) is 22.9 Å². The van der Waals surface area contributed by atoms with Crippen LogP contribution in [0.5, 0.6) is 0 Å². The summed E-state index contributed by atoms with van der Waals surface area (Å²) < 4.78 is 65.5. The highest BCUT2D eigenvalue weighted by molar-refractivity contribution is 7.66. The summed E-state index contributed by atoms with van der Waals surface area (Å²) in [6.07, 6.45) is -7.20. The first-order valence-corrected chi connectivity index (χ1v) is 13.2. The topological polar surface area (TPSA) is 270 Å². The van der Waals surface area contributed by atoms with Gasteiger partial charge in [0, 0.05) is 0 Å². The summed E-state index contributed by atoms with van der Waals surface area (Å²) in [5.41, 5.74) is 1.33. The first kappa shape index (κ1) is 28.7. The van der Waals surface area contributed by atoms with Crippen molar-refractivity contribution in [2.24, 2.45) is 0 Å². The molecule has 0 saturated carbocycles. The standard InChI is InChI=1S/C13H19FN3O14P3/c1-3-4-13(20)9(18)8(28-11(13)17-5-7(14)10(15)16-12(17)19)6(2)29-33(24,25)31-34(26,27)30-32(21,22)23/h5-6,8-9,11,18,20H,1-2H3,(H,24,25)(H,26,27)(H2,15,16,19)(H2,21,22,23)/t6-,8-,9+,11-,13?/m1/s1. The molecular weight excluding hydrogens is 534 g/mol. The van der Waals surface area contributed by atoms with Gasteiger partial charge in [0.1, 0.15) is 12.2 Å². The average Bonchev–Trinajstić information content (AvgIpc) is 2.86. The minimum absolute atomic E-state index is 0.400. The summed E-state index contributed by atoms with van der Waals surface area (Å²) in [6, 6.07) is 0. The van der Waals surface area contributed by atoms with Gasteiger partial charge in [-0.3, -0.25) is 9.09 Å². The van der Waals surface area contributed by atoms with E-state index in [9.17, 15) is 42.9 Å². The van der Waals surface area contributed by atoms with Crippen LogP contribution in [0.25, 0.3) is 0 Å². The molecule has 0 aromatic carbocycles. The summed E-state index contributed by atoms with van der Waals surface area (Å²) in [5, 5.41) is 21.5. The summed E-state index contributed by atoms with van der Waals surface area (Å²) in [4.78, 5) is 51.3. The number of hydrogen-bond acceptors (Lipinski definition) is 12. The number of aromatic nitrogens is 2. The average molecular weight is 553 g/mol. The normalized spacial score (nSPS) is 29.5. The van der Waals surface area contributed by atoms with Gasteiger partial charge in [0.2, 0.25) is 0 Å². The maximum atomic E-state index is 13.9. The molecule has 0 amide bonds. The zero-order valence-electron chi connectivity index (χ0n) is 17.0. The molecule has 3 unspecified atom stereocenters. The third kappa shape index (κ3) is 6.56. The van der Waals surface area contributed by atoms with Crippen LogP contribution in [-0.2, 0) is 31.6 Å². The van der Waals surface area contributed by atoms with E-state index in [1.807, 2.05) is 0 Å². The Morgan fingerprint density at radius 2 is 1.85 bits per heavy atom. The Balaban J connectivity index is 2.35. The minimum Gasteiger partial charge on any atom is -0.386 e. The molecule has 7 atom stereocenters. The Morgan fingerprint density at radius 1 is 1.26 bits per heavy atom. The molecule has 8 N–H and O–H groups in total. The maximum Gasteiger partial charge on any atom is 0.490 e. The number of nitrogen functional groups attached to an aromatic ring is 1. The van der Waals surface area contributed by atoms with Crippen LogP contribution in [0.2, 0.25) is 0 Å². The molecule has 17 nitrogen and oxygen atoms in total. The molecule has 0 radical (unpaired) electrons. The van der Waals surface area contributed by atoms with Crippen molar-refractivity contribution in [1.82, 2.24) is 9.55 Å². The van der Waals surface area contributed by atoms with Crippen LogP contribution in [0, 0.1) is 17.7 Å². The van der Waals surface area contributed by atoms with Crippen molar-refractivity contribution in [3.63, 3.8) is 0 Å². The van der Waals surface area contributed by atoms with E-state index in [0.29, 0.717) is 10.8 Å². The fourth-order valence-electron chi connectivity index (χ4n) is 2.90. The fraction of sp³-hybridized carbons (Fsp3) is 0.538. The molecule has 0 spiro atoms. The molecule has 1 saturated heterocycles. The maximum absolute atomic E-state index is 13.9. The molecular formula is C13H19FN3O14P3. The second-order valence-corrected chi connectivity index (χ2v) is 11.0. The van der Waals surface area contributed by atoms with Crippen molar-refractivity contribution in [1.29, 1.82) is 0 Å². The molecule has 1 aliphatic heterocycles. The number of hydrogen-bond donors (Lipinski definition) is 7. The summed E-state index contributed by atoms with van der Waals surface area (Å²) in [6.45, 7) is 2.17. The van der Waals surface area contributed by atoms with E-state index in [-0.39, 0.29) is 0 Å². The highest BCUT2D eigenvalue weighted by Gasteiger charge is 2.58. The molecule has 1 aromatic heterocycles. The molecule has 21 heteroatoms. The van der Waals surface area contributed by atoms with Crippen LogP contribution in [0.3, 0.4) is 0 Å². The molecule has 1 aromatic rings. The molecule has 192 valence electrons. The predicted molar refractivity (Wildman–Crippen MR) is 106 cm³/mol. The van der Waals surface area contributed by atoms with Gasteiger partial charge in [-0.05, 0) is 13.8 Å². The number of ether oxygens (including phenoxy) is 1. The molecule has 0 bridgehead atoms. The number of halogens is 1. The highest BCUT2D eigenvalue weighted by atomic mass is 31.3. The molecule has 1 fully saturated rings. The third-order valence-corrected chi connectivity index (χ3v) is 8.04. The van der Waals surface area contributed by atoms with E-state index >= 15 is 0 Å². The number of rotatable bonds is 8. The van der Waals surface area contributed by atoms with E-state index in [1.165, 1.54) is 6.92 Å². The van der Waals surface area contributed by atoms with E-state index in [1.54, 1.807) is 0 Å². The molecule has 2 rings (SSSR count). The summed E-state index contributed by atoms with van der Waals surface area (Å²) in [7, 11) is -17.1. The van der Waals surface area contributed by atoms with E-state index in [2.05, 4.69) is 30.0 Å². The van der Waals surface area contributed by atoms with Gasteiger partial charge in [0.25, 0.3) is 0 Å². The van der Waals surface area contributed by atoms with Crippen LogP contribution in [0.15, 0.2) is 11.0 Å². The van der Waals surface area contributed by atoms with Crippen LogP contribution >= 0.6 is 23.5 Å². The van der Waals surface area contributed by atoms with Crippen LogP contribution in [0.1, 0.15) is 20.1 Å². The number of phosphoric acid groups is 3. The number of nitrogens with zero attached hydrogens (tertiary/aromatic N) is 2. The largest absolute Gasteiger partial charge is 0.490 e. The second kappa shape index (κ2) is 9.84. The van der Waals surface area contributed by atoms with Crippen molar-refractivity contribution < 1.29 is 65.8 Å². The fourth-order valence-corrected chi connectivity index (χ4v) is 6.10. The number of anilines is 1. The van der Waals surface area contributed by atoms with Crippen LogP contribution < -0.4 is 11.4 Å². The number of phosphoric ester groups is 1. The molecule has 2 heterocycles. The number of aliphatic hydroxyl groups excluding tert-OH is 1. The SMILES string of the molecule is CC#CC1(O)[C@@H](O)[C@@H]([C@@H](C)OP(=O)(O)OP(=O)(O)OP(=O)(O)O)O[C@H]1n1cc(F)c(N)nc1=O. The Bertz CT molecular complexity index is 1210. The van der Waals surface area contributed by atoms with Crippen LogP contribution in [-0.4, -0.2) is 63.3 Å². The van der Waals surface area contributed by atoms with Gasteiger partial charge < -0.3 is 40.3 Å². The molecule has 0 aliphatic carbocycles. The number of nitrogens with two attached hydrogens (primary N) is 1.